The topological polar surface area (TPSA) is 61.9 Å². The SMILES string of the molecule is O=C1CC(CCl)CN1c1n[nH]c2ncccc12. The molecule has 1 fully saturated rings. The van der Waals surface area contributed by atoms with E-state index in [9.17, 15) is 4.79 Å². The Morgan fingerprint density at radius 1 is 1.59 bits per heavy atom. The normalized spacial score (nSPS) is 20.4. The van der Waals surface area contributed by atoms with Crippen molar-refractivity contribution in [2.24, 2.45) is 5.92 Å². The molecule has 1 aliphatic heterocycles. The summed E-state index contributed by atoms with van der Waals surface area (Å²) < 4.78 is 0. The second-order valence-electron chi connectivity index (χ2n) is 4.18. The summed E-state index contributed by atoms with van der Waals surface area (Å²) in [5.41, 5.74) is 0.699. The van der Waals surface area contributed by atoms with Crippen molar-refractivity contribution in [3.05, 3.63) is 18.3 Å². The molecule has 1 amide bonds. The van der Waals surface area contributed by atoms with Crippen LogP contribution in [-0.2, 0) is 4.79 Å². The number of hydrogen-bond donors (Lipinski definition) is 1. The third-order valence-electron chi connectivity index (χ3n) is 3.00. The Bertz CT molecular complexity index is 567. The maximum atomic E-state index is 11.9. The number of alkyl halides is 1. The van der Waals surface area contributed by atoms with Gasteiger partial charge in [-0.15, -0.1) is 11.6 Å². The Balaban J connectivity index is 2.02. The van der Waals surface area contributed by atoms with E-state index < -0.39 is 0 Å². The van der Waals surface area contributed by atoms with Crippen LogP contribution in [0.4, 0.5) is 5.82 Å². The quantitative estimate of drug-likeness (QED) is 0.823. The van der Waals surface area contributed by atoms with E-state index in [1.165, 1.54) is 0 Å². The fourth-order valence-corrected chi connectivity index (χ4v) is 2.34. The van der Waals surface area contributed by atoms with Gasteiger partial charge in [0.1, 0.15) is 0 Å². The van der Waals surface area contributed by atoms with Gasteiger partial charge in [0.2, 0.25) is 5.91 Å². The number of amides is 1. The van der Waals surface area contributed by atoms with E-state index in [4.69, 9.17) is 11.6 Å². The average molecular weight is 251 g/mol. The summed E-state index contributed by atoms with van der Waals surface area (Å²) in [6.45, 7) is 0.636. The maximum Gasteiger partial charge on any atom is 0.228 e. The zero-order chi connectivity index (χ0) is 11.8. The first-order chi connectivity index (χ1) is 8.29. The standard InChI is InChI=1S/C11H11ClN4O/c12-5-7-4-9(17)16(6-7)11-8-2-1-3-13-10(8)14-15-11/h1-3,7H,4-6H2,(H,13,14,15). The van der Waals surface area contributed by atoms with Gasteiger partial charge in [-0.2, -0.15) is 5.10 Å². The number of fused-ring (bicyclic) bond motifs is 1. The molecule has 1 saturated heterocycles. The van der Waals surface area contributed by atoms with E-state index >= 15 is 0 Å². The molecular weight excluding hydrogens is 240 g/mol. The fraction of sp³-hybridized carbons (Fsp3) is 0.364. The molecule has 1 N–H and O–H groups in total. The lowest BCUT2D eigenvalue weighted by Gasteiger charge is -2.12. The Morgan fingerprint density at radius 3 is 3.24 bits per heavy atom. The molecular formula is C11H11ClN4O. The third-order valence-corrected chi connectivity index (χ3v) is 3.43. The highest BCUT2D eigenvalue weighted by Gasteiger charge is 2.32. The Hall–Kier alpha value is -1.62. The van der Waals surface area contributed by atoms with Crippen molar-refractivity contribution in [1.29, 1.82) is 0 Å². The zero-order valence-corrected chi connectivity index (χ0v) is 9.81. The summed E-state index contributed by atoms with van der Waals surface area (Å²) in [6, 6.07) is 3.74. The van der Waals surface area contributed by atoms with Gasteiger partial charge < -0.3 is 0 Å². The molecule has 0 spiro atoms. The number of carbonyl (C=O) groups is 1. The van der Waals surface area contributed by atoms with Gasteiger partial charge in [0.25, 0.3) is 0 Å². The van der Waals surface area contributed by atoms with Gasteiger partial charge in [-0.05, 0) is 18.1 Å². The predicted molar refractivity (Wildman–Crippen MR) is 65.1 cm³/mol. The van der Waals surface area contributed by atoms with E-state index in [2.05, 4.69) is 15.2 Å². The van der Waals surface area contributed by atoms with Crippen LogP contribution in [0, 0.1) is 5.92 Å². The van der Waals surface area contributed by atoms with E-state index in [-0.39, 0.29) is 11.8 Å². The van der Waals surface area contributed by atoms with Crippen LogP contribution in [0.1, 0.15) is 6.42 Å². The van der Waals surface area contributed by atoms with Crippen molar-refractivity contribution >= 4 is 34.4 Å². The molecule has 3 rings (SSSR count). The Kier molecular flexibility index (Phi) is 2.48. The molecule has 6 heteroatoms. The smallest absolute Gasteiger partial charge is 0.228 e. The number of hydrogen-bond acceptors (Lipinski definition) is 3. The van der Waals surface area contributed by atoms with Crippen LogP contribution in [0.3, 0.4) is 0 Å². The lowest BCUT2D eigenvalue weighted by molar-refractivity contribution is -0.117. The molecule has 5 nitrogen and oxygen atoms in total. The van der Waals surface area contributed by atoms with Gasteiger partial charge in [0, 0.05) is 25.0 Å². The molecule has 0 saturated carbocycles. The number of aromatic amines is 1. The second kappa shape index (κ2) is 4.00. The molecule has 17 heavy (non-hydrogen) atoms. The van der Waals surface area contributed by atoms with Crippen molar-refractivity contribution in [2.75, 3.05) is 17.3 Å². The minimum Gasteiger partial charge on any atom is -0.294 e. The molecule has 0 bridgehead atoms. The molecule has 0 radical (unpaired) electrons. The number of aromatic nitrogens is 3. The van der Waals surface area contributed by atoms with Crippen molar-refractivity contribution < 1.29 is 4.79 Å². The van der Waals surface area contributed by atoms with Crippen LogP contribution in [0.25, 0.3) is 11.0 Å². The lowest BCUT2D eigenvalue weighted by atomic mass is 10.1. The molecule has 0 aliphatic carbocycles. The Morgan fingerprint density at radius 2 is 2.47 bits per heavy atom. The number of anilines is 1. The highest BCUT2D eigenvalue weighted by atomic mass is 35.5. The minimum atomic E-state index is 0.0768. The van der Waals surface area contributed by atoms with Gasteiger partial charge in [0.05, 0.1) is 5.39 Å². The molecule has 0 aromatic carbocycles. The first-order valence-electron chi connectivity index (χ1n) is 5.45. The lowest BCUT2D eigenvalue weighted by Crippen LogP contribution is -2.25. The molecule has 3 heterocycles. The number of halogens is 1. The number of rotatable bonds is 2. The highest BCUT2D eigenvalue weighted by molar-refractivity contribution is 6.18. The molecule has 2 aromatic rings. The summed E-state index contributed by atoms with van der Waals surface area (Å²) in [4.78, 5) is 17.7. The molecule has 1 unspecified atom stereocenters. The van der Waals surface area contributed by atoms with Crippen molar-refractivity contribution in [2.45, 2.75) is 6.42 Å². The average Bonchev–Trinajstić information content (AvgIpc) is 2.92. The first-order valence-corrected chi connectivity index (χ1v) is 5.98. The molecule has 1 atom stereocenters. The van der Waals surface area contributed by atoms with Crippen LogP contribution in [0.15, 0.2) is 18.3 Å². The number of carbonyl (C=O) groups excluding carboxylic acids is 1. The molecule has 88 valence electrons. The summed E-state index contributed by atoms with van der Waals surface area (Å²) >= 11 is 5.80. The molecule has 2 aromatic heterocycles. The van der Waals surface area contributed by atoms with Crippen molar-refractivity contribution in [3.63, 3.8) is 0 Å². The summed E-state index contributed by atoms with van der Waals surface area (Å²) in [5.74, 6) is 1.45. The zero-order valence-electron chi connectivity index (χ0n) is 9.06. The highest BCUT2D eigenvalue weighted by Crippen LogP contribution is 2.28. The number of H-pyrrole nitrogens is 1. The van der Waals surface area contributed by atoms with E-state index in [0.717, 1.165) is 5.39 Å². The number of nitrogens with zero attached hydrogens (tertiary/aromatic N) is 3. The van der Waals surface area contributed by atoms with E-state index in [1.807, 2.05) is 12.1 Å². The predicted octanol–water partition coefficient (Wildman–Crippen LogP) is 1.55. The van der Waals surface area contributed by atoms with Gasteiger partial charge in [-0.1, -0.05) is 0 Å². The van der Waals surface area contributed by atoms with E-state index in [1.54, 1.807) is 11.1 Å². The Labute approximate surface area is 103 Å². The maximum absolute atomic E-state index is 11.9. The minimum absolute atomic E-state index is 0.0768. The van der Waals surface area contributed by atoms with Crippen LogP contribution in [0.2, 0.25) is 0 Å². The summed E-state index contributed by atoms with van der Waals surface area (Å²) in [6.07, 6.45) is 2.19. The second-order valence-corrected chi connectivity index (χ2v) is 4.48. The first kappa shape index (κ1) is 10.5. The van der Waals surface area contributed by atoms with E-state index in [0.29, 0.717) is 30.3 Å². The van der Waals surface area contributed by atoms with Gasteiger partial charge >= 0.3 is 0 Å². The third kappa shape index (κ3) is 1.67. The largest absolute Gasteiger partial charge is 0.294 e. The molecule has 1 aliphatic rings. The van der Waals surface area contributed by atoms with Crippen LogP contribution < -0.4 is 4.90 Å². The van der Waals surface area contributed by atoms with Gasteiger partial charge in [0.15, 0.2) is 11.5 Å². The van der Waals surface area contributed by atoms with Crippen molar-refractivity contribution in [1.82, 2.24) is 15.2 Å². The number of pyridine rings is 1. The van der Waals surface area contributed by atoms with Crippen molar-refractivity contribution in [3.8, 4) is 0 Å². The number of nitrogens with one attached hydrogen (secondary N) is 1. The van der Waals surface area contributed by atoms with Crippen LogP contribution >= 0.6 is 11.6 Å². The van der Waals surface area contributed by atoms with Gasteiger partial charge in [-0.25, -0.2) is 4.98 Å². The van der Waals surface area contributed by atoms with Gasteiger partial charge in [-0.3, -0.25) is 14.8 Å². The van der Waals surface area contributed by atoms with Crippen LogP contribution in [0.5, 0.6) is 0 Å². The summed E-state index contributed by atoms with van der Waals surface area (Å²) in [7, 11) is 0. The summed E-state index contributed by atoms with van der Waals surface area (Å²) in [5, 5.41) is 7.87. The monoisotopic (exact) mass is 250 g/mol. The van der Waals surface area contributed by atoms with Crippen LogP contribution in [-0.4, -0.2) is 33.5 Å². The fourth-order valence-electron chi connectivity index (χ4n) is 2.14.